The first-order chi connectivity index (χ1) is 13.6. The molecule has 2 aromatic rings. The maximum absolute atomic E-state index is 12.2. The summed E-state index contributed by atoms with van der Waals surface area (Å²) in [5, 5.41) is 5.34. The third-order valence-corrected chi connectivity index (χ3v) is 5.18. The highest BCUT2D eigenvalue weighted by Crippen LogP contribution is 2.37. The Hall–Kier alpha value is -3.16. The van der Waals surface area contributed by atoms with Gasteiger partial charge >= 0.3 is 11.8 Å². The number of anilines is 2. The predicted molar refractivity (Wildman–Crippen MR) is 104 cm³/mol. The molecule has 3 heterocycles. The summed E-state index contributed by atoms with van der Waals surface area (Å²) in [7, 11) is 0. The summed E-state index contributed by atoms with van der Waals surface area (Å²) in [5.41, 5.74) is 3.74. The first-order valence-electron chi connectivity index (χ1n) is 9.63. The van der Waals surface area contributed by atoms with E-state index >= 15 is 0 Å². The second-order valence-corrected chi connectivity index (χ2v) is 7.16. The van der Waals surface area contributed by atoms with Crippen LogP contribution < -0.4 is 15.5 Å². The van der Waals surface area contributed by atoms with Gasteiger partial charge in [-0.3, -0.25) is 14.4 Å². The van der Waals surface area contributed by atoms with E-state index in [1.807, 2.05) is 27.8 Å². The fraction of sp³-hybridized carbons (Fsp3) is 0.400. The van der Waals surface area contributed by atoms with E-state index in [-0.39, 0.29) is 5.91 Å². The Balaban J connectivity index is 1.35. The highest BCUT2D eigenvalue weighted by atomic mass is 16.2. The van der Waals surface area contributed by atoms with Crippen molar-refractivity contribution in [2.75, 3.05) is 23.3 Å². The molecule has 28 heavy (non-hydrogen) atoms. The van der Waals surface area contributed by atoms with Crippen molar-refractivity contribution in [1.29, 1.82) is 0 Å². The Kier molecular flexibility index (Phi) is 5.10. The zero-order valence-electron chi connectivity index (χ0n) is 15.6. The molecule has 4 rings (SSSR count). The second-order valence-electron chi connectivity index (χ2n) is 7.16. The van der Waals surface area contributed by atoms with E-state index in [1.165, 1.54) is 0 Å². The maximum Gasteiger partial charge on any atom is 0.313 e. The lowest BCUT2D eigenvalue weighted by molar-refractivity contribution is -0.136. The van der Waals surface area contributed by atoms with Crippen molar-refractivity contribution in [3.8, 4) is 0 Å². The molecule has 146 valence electrons. The largest absolute Gasteiger partial charge is 0.348 e. The molecule has 0 aliphatic carbocycles. The van der Waals surface area contributed by atoms with Crippen LogP contribution in [0.3, 0.4) is 0 Å². The standard InChI is InChI=1S/C20H23N5O3/c26-17-5-4-15-12-16(11-14-3-1-9-25(17)18(14)15)23-20(28)19(27)22-6-2-8-24-10-7-21-13-24/h7,10-13H,1-6,8-9H2,(H,22,27)(H,23,28). The highest BCUT2D eigenvalue weighted by molar-refractivity contribution is 6.39. The Morgan fingerprint density at radius 2 is 1.93 bits per heavy atom. The molecule has 0 atom stereocenters. The van der Waals surface area contributed by atoms with Gasteiger partial charge in [-0.15, -0.1) is 0 Å². The molecule has 3 amide bonds. The molecule has 0 fully saturated rings. The van der Waals surface area contributed by atoms with Gasteiger partial charge in [0.25, 0.3) is 0 Å². The van der Waals surface area contributed by atoms with Gasteiger partial charge in [0, 0.05) is 44.1 Å². The monoisotopic (exact) mass is 381 g/mol. The van der Waals surface area contributed by atoms with Crippen LogP contribution in [0.4, 0.5) is 11.4 Å². The quantitative estimate of drug-likeness (QED) is 0.602. The fourth-order valence-electron chi connectivity index (χ4n) is 3.88. The van der Waals surface area contributed by atoms with Crippen LogP contribution in [0.15, 0.2) is 30.9 Å². The van der Waals surface area contributed by atoms with Crippen molar-refractivity contribution >= 4 is 29.1 Å². The number of amides is 3. The lowest BCUT2D eigenvalue weighted by atomic mass is 9.91. The van der Waals surface area contributed by atoms with Crippen LogP contribution >= 0.6 is 0 Å². The summed E-state index contributed by atoms with van der Waals surface area (Å²) in [4.78, 5) is 42.2. The summed E-state index contributed by atoms with van der Waals surface area (Å²) < 4.78 is 1.92. The highest BCUT2D eigenvalue weighted by Gasteiger charge is 2.29. The van der Waals surface area contributed by atoms with E-state index in [1.54, 1.807) is 12.5 Å². The average Bonchev–Trinajstić information content (AvgIpc) is 3.21. The number of rotatable bonds is 5. The Morgan fingerprint density at radius 3 is 2.71 bits per heavy atom. The molecule has 0 radical (unpaired) electrons. The fourth-order valence-corrected chi connectivity index (χ4v) is 3.88. The van der Waals surface area contributed by atoms with Crippen molar-refractivity contribution < 1.29 is 14.4 Å². The summed E-state index contributed by atoms with van der Waals surface area (Å²) in [6.07, 6.45) is 8.92. The summed E-state index contributed by atoms with van der Waals surface area (Å²) in [6, 6.07) is 3.77. The number of hydrogen-bond donors (Lipinski definition) is 2. The van der Waals surface area contributed by atoms with Crippen LogP contribution in [0.2, 0.25) is 0 Å². The van der Waals surface area contributed by atoms with Crippen LogP contribution in [-0.4, -0.2) is 40.4 Å². The van der Waals surface area contributed by atoms with Crippen LogP contribution in [-0.2, 0) is 33.8 Å². The van der Waals surface area contributed by atoms with Crippen LogP contribution in [0.1, 0.15) is 30.4 Å². The number of nitrogens with one attached hydrogen (secondary N) is 2. The van der Waals surface area contributed by atoms with E-state index in [9.17, 15) is 14.4 Å². The molecule has 2 aliphatic rings. The van der Waals surface area contributed by atoms with Gasteiger partial charge in [0.05, 0.1) is 12.0 Å². The molecule has 0 unspecified atom stereocenters. The number of imidazole rings is 1. The minimum absolute atomic E-state index is 0.167. The number of benzene rings is 1. The second kappa shape index (κ2) is 7.84. The lowest BCUT2D eigenvalue weighted by Crippen LogP contribution is -2.39. The third kappa shape index (κ3) is 3.76. The van der Waals surface area contributed by atoms with Crippen molar-refractivity contribution in [2.24, 2.45) is 0 Å². The molecule has 0 bridgehead atoms. The normalized spacial score (nSPS) is 15.1. The minimum atomic E-state index is -0.672. The number of carbonyl (C=O) groups is 3. The van der Waals surface area contributed by atoms with E-state index in [0.717, 1.165) is 42.7 Å². The number of aryl methyl sites for hydroxylation is 3. The van der Waals surface area contributed by atoms with Gasteiger partial charge in [-0.1, -0.05) is 0 Å². The van der Waals surface area contributed by atoms with Crippen molar-refractivity contribution in [2.45, 2.75) is 38.6 Å². The van der Waals surface area contributed by atoms with Gasteiger partial charge < -0.3 is 20.1 Å². The third-order valence-electron chi connectivity index (χ3n) is 5.18. The average molecular weight is 381 g/mol. The summed E-state index contributed by atoms with van der Waals surface area (Å²) in [5.74, 6) is -1.15. The number of aromatic nitrogens is 2. The zero-order chi connectivity index (χ0) is 19.5. The van der Waals surface area contributed by atoms with Crippen LogP contribution in [0.25, 0.3) is 0 Å². The number of hydrogen-bond acceptors (Lipinski definition) is 4. The minimum Gasteiger partial charge on any atom is -0.348 e. The molecule has 8 heteroatoms. The zero-order valence-corrected chi connectivity index (χ0v) is 15.6. The number of carbonyl (C=O) groups excluding carboxylic acids is 3. The molecule has 8 nitrogen and oxygen atoms in total. The summed E-state index contributed by atoms with van der Waals surface area (Å²) in [6.45, 7) is 1.90. The van der Waals surface area contributed by atoms with Gasteiger partial charge in [0.1, 0.15) is 0 Å². The molecule has 1 aromatic heterocycles. The molecule has 2 aliphatic heterocycles. The molecule has 1 aromatic carbocycles. The van der Waals surface area contributed by atoms with E-state index in [0.29, 0.717) is 31.5 Å². The van der Waals surface area contributed by atoms with E-state index in [2.05, 4.69) is 15.6 Å². The topological polar surface area (TPSA) is 96.3 Å². The molecular weight excluding hydrogens is 358 g/mol. The predicted octanol–water partition coefficient (Wildman–Crippen LogP) is 1.25. The number of nitrogens with zero attached hydrogens (tertiary/aromatic N) is 3. The Morgan fingerprint density at radius 1 is 1.11 bits per heavy atom. The SMILES string of the molecule is O=C(NCCCn1ccnc1)C(=O)Nc1cc2c3c(c1)CCC(=O)N3CCC2. The van der Waals surface area contributed by atoms with Gasteiger partial charge in [-0.05, 0) is 48.9 Å². The Bertz CT molecular complexity index is 890. The lowest BCUT2D eigenvalue weighted by Gasteiger charge is -2.35. The van der Waals surface area contributed by atoms with Crippen molar-refractivity contribution in [3.63, 3.8) is 0 Å². The van der Waals surface area contributed by atoms with Crippen LogP contribution in [0, 0.1) is 0 Å². The molecular formula is C20H23N5O3. The molecule has 0 spiro atoms. The van der Waals surface area contributed by atoms with Crippen molar-refractivity contribution in [3.05, 3.63) is 42.0 Å². The van der Waals surface area contributed by atoms with E-state index < -0.39 is 11.8 Å². The van der Waals surface area contributed by atoms with Gasteiger partial charge in [0.2, 0.25) is 5.91 Å². The molecule has 2 N–H and O–H groups in total. The molecule has 0 saturated heterocycles. The van der Waals surface area contributed by atoms with Gasteiger partial charge in [-0.25, -0.2) is 4.98 Å². The summed E-state index contributed by atoms with van der Waals surface area (Å²) >= 11 is 0. The molecule has 0 saturated carbocycles. The van der Waals surface area contributed by atoms with E-state index in [4.69, 9.17) is 0 Å². The van der Waals surface area contributed by atoms with Gasteiger partial charge in [-0.2, -0.15) is 0 Å². The van der Waals surface area contributed by atoms with Crippen molar-refractivity contribution in [1.82, 2.24) is 14.9 Å². The maximum atomic E-state index is 12.2. The van der Waals surface area contributed by atoms with Gasteiger partial charge in [0.15, 0.2) is 0 Å². The first kappa shape index (κ1) is 18.2. The smallest absolute Gasteiger partial charge is 0.313 e. The first-order valence-corrected chi connectivity index (χ1v) is 9.63. The van der Waals surface area contributed by atoms with Crippen LogP contribution in [0.5, 0.6) is 0 Å². The Labute approximate surface area is 162 Å².